The van der Waals surface area contributed by atoms with Gasteiger partial charge in [-0.25, -0.2) is 0 Å². The van der Waals surface area contributed by atoms with Gasteiger partial charge in [-0.3, -0.25) is 0 Å². The Kier molecular flexibility index (Phi) is 24.5. The molecule has 0 heterocycles. The molecule has 0 aliphatic heterocycles. The molecule has 1 radical (unpaired) electrons. The molecular formula is CH5N2Se. The van der Waals surface area contributed by atoms with Crippen LogP contribution in [0.1, 0.15) is 0 Å². The number of nitrogens with one attached hydrogen (secondary N) is 1. The zero-order chi connectivity index (χ0) is 2.71. The first-order valence-electron chi connectivity index (χ1n) is 0.524. The van der Waals surface area contributed by atoms with E-state index in [1.54, 1.807) is 0 Å². The molecule has 0 bridgehead atoms. The molecule has 25 valence electrons. The van der Waals surface area contributed by atoms with Gasteiger partial charge >= 0.3 is 26.5 Å². The van der Waals surface area contributed by atoms with E-state index < -0.39 is 0 Å². The predicted octanol–water partition coefficient (Wildman–Crippen LogP) is -0.0760. The summed E-state index contributed by atoms with van der Waals surface area (Å²) in [6, 6.07) is 0. The van der Waals surface area contributed by atoms with E-state index in [0.29, 0.717) is 0 Å². The van der Waals surface area contributed by atoms with Gasteiger partial charge in [0.25, 0.3) is 0 Å². The minimum atomic E-state index is 0. The summed E-state index contributed by atoms with van der Waals surface area (Å²) in [5, 5.41) is 7.15. The van der Waals surface area contributed by atoms with Crippen LogP contribution in [0.3, 0.4) is 0 Å². The Balaban J connectivity index is 0. The molecule has 0 aliphatic rings. The van der Waals surface area contributed by atoms with E-state index in [9.17, 15) is 0 Å². The number of rotatable bonds is 0. The van der Waals surface area contributed by atoms with E-state index in [2.05, 4.69) is 16.0 Å². The summed E-state index contributed by atoms with van der Waals surface area (Å²) in [4.78, 5) is 0. The molecule has 0 spiro atoms. The van der Waals surface area contributed by atoms with E-state index in [-0.39, 0.29) is 6.15 Å². The van der Waals surface area contributed by atoms with Crippen molar-refractivity contribution in [3.05, 3.63) is 0 Å². The van der Waals surface area contributed by atoms with Crippen molar-refractivity contribution in [3.8, 4) is 0 Å². The summed E-state index contributed by atoms with van der Waals surface area (Å²) in [6.45, 7) is 0. The zero-order valence-corrected chi connectivity index (χ0v) is 3.91. The van der Waals surface area contributed by atoms with Gasteiger partial charge in [0.05, 0.1) is 0 Å². The molecule has 0 aromatic carbocycles. The second-order valence-electron chi connectivity index (χ2n) is 0.118. The molecule has 0 fully saturated rings. The minimum absolute atomic E-state index is 0. The van der Waals surface area contributed by atoms with Crippen molar-refractivity contribution >= 4 is 21.1 Å². The Morgan fingerprint density at radius 2 is 1.75 bits per heavy atom. The first kappa shape index (κ1) is 8.91. The van der Waals surface area contributed by atoms with Crippen molar-refractivity contribution in [1.82, 2.24) is 6.15 Å². The molecule has 0 aromatic rings. The SMILES string of the molecule is N.N=C[Se]. The molecule has 4 N–H and O–H groups in total. The molecule has 3 heteroatoms. The van der Waals surface area contributed by atoms with Gasteiger partial charge in [0.15, 0.2) is 0 Å². The average Bonchev–Trinajstić information content (AvgIpc) is 0.918. The molecule has 2 nitrogen and oxygen atoms in total. The van der Waals surface area contributed by atoms with Crippen molar-refractivity contribution in [1.29, 1.82) is 5.41 Å². The maximum atomic E-state index is 6.03. The van der Waals surface area contributed by atoms with E-state index in [4.69, 9.17) is 5.41 Å². The Morgan fingerprint density at radius 1 is 1.75 bits per heavy atom. The Morgan fingerprint density at radius 3 is 1.75 bits per heavy atom. The van der Waals surface area contributed by atoms with Gasteiger partial charge in [0, 0.05) is 0 Å². The Labute approximate surface area is 33.5 Å². The second-order valence-corrected chi connectivity index (χ2v) is 0.612. The van der Waals surface area contributed by atoms with E-state index >= 15 is 0 Å². The van der Waals surface area contributed by atoms with Crippen LogP contribution in [0.2, 0.25) is 0 Å². The summed E-state index contributed by atoms with van der Waals surface area (Å²) in [6.07, 6.45) is 0. The van der Waals surface area contributed by atoms with E-state index in [1.165, 1.54) is 0 Å². The van der Waals surface area contributed by atoms with Crippen LogP contribution >= 0.6 is 0 Å². The second kappa shape index (κ2) is 11.0. The van der Waals surface area contributed by atoms with Crippen LogP contribution in [0.15, 0.2) is 0 Å². The zero-order valence-electron chi connectivity index (χ0n) is 2.19. The molecule has 0 saturated heterocycles. The van der Waals surface area contributed by atoms with Crippen LogP contribution in [0, 0.1) is 5.41 Å². The Hall–Kier alpha value is 0.149. The summed E-state index contributed by atoms with van der Waals surface area (Å²) in [5.41, 5.74) is 0. The summed E-state index contributed by atoms with van der Waals surface area (Å²) in [7, 11) is 0. The fraction of sp³-hybridized carbons (Fsp3) is 0. The third-order valence-electron chi connectivity index (χ3n) is 0. The van der Waals surface area contributed by atoms with E-state index in [1.807, 2.05) is 0 Å². The van der Waals surface area contributed by atoms with Crippen LogP contribution in [0.5, 0.6) is 0 Å². The van der Waals surface area contributed by atoms with Gasteiger partial charge in [-0.05, 0) is 0 Å². The molecule has 4 heavy (non-hydrogen) atoms. The third-order valence-corrected chi connectivity index (χ3v) is 0. The molecule has 0 aliphatic carbocycles. The first-order chi connectivity index (χ1) is 1.41. The van der Waals surface area contributed by atoms with Gasteiger partial charge < -0.3 is 6.15 Å². The third kappa shape index (κ3) is 127. The van der Waals surface area contributed by atoms with Gasteiger partial charge in [0.1, 0.15) is 0 Å². The van der Waals surface area contributed by atoms with Crippen LogP contribution in [-0.2, 0) is 0 Å². The molecular weight excluding hydrogens is 119 g/mol. The molecule has 0 amide bonds. The quantitative estimate of drug-likeness (QED) is 0.344. The fourth-order valence-electron chi connectivity index (χ4n) is 0. The molecule has 0 aromatic heterocycles. The molecule has 0 atom stereocenters. The van der Waals surface area contributed by atoms with Gasteiger partial charge in [-0.2, -0.15) is 0 Å². The summed E-state index contributed by atoms with van der Waals surface area (Å²) >= 11 is 2.35. The molecule has 0 saturated carbocycles. The number of hydrogen-bond acceptors (Lipinski definition) is 2. The van der Waals surface area contributed by atoms with Crippen LogP contribution in [0.4, 0.5) is 0 Å². The van der Waals surface area contributed by atoms with Gasteiger partial charge in [-0.1, -0.05) is 0 Å². The average molecular weight is 124 g/mol. The number of hydrogen-bond donors (Lipinski definition) is 2. The maximum absolute atomic E-state index is 6.03. The summed E-state index contributed by atoms with van der Waals surface area (Å²) < 4.78 is 0. The standard InChI is InChI=1S/CH2NSe.H3N/c2-1-3;/h1-2H;1H3. The van der Waals surface area contributed by atoms with Crippen molar-refractivity contribution < 1.29 is 0 Å². The van der Waals surface area contributed by atoms with Gasteiger partial charge in [-0.15, -0.1) is 0 Å². The van der Waals surface area contributed by atoms with Crippen molar-refractivity contribution in [2.45, 2.75) is 0 Å². The van der Waals surface area contributed by atoms with Crippen LogP contribution in [0.25, 0.3) is 0 Å². The topological polar surface area (TPSA) is 58.9 Å². The Bertz CT molecular complexity index is 13.5. The predicted molar refractivity (Wildman–Crippen MR) is 19.6 cm³/mol. The van der Waals surface area contributed by atoms with Crippen molar-refractivity contribution in [2.24, 2.45) is 0 Å². The molecule has 0 unspecified atom stereocenters. The van der Waals surface area contributed by atoms with Gasteiger partial charge in [0.2, 0.25) is 0 Å². The first-order valence-corrected chi connectivity index (χ1v) is 1.51. The fourth-order valence-corrected chi connectivity index (χ4v) is 0. The normalized spacial score (nSPS) is 3.00. The van der Waals surface area contributed by atoms with Crippen molar-refractivity contribution in [3.63, 3.8) is 0 Å². The van der Waals surface area contributed by atoms with Crippen molar-refractivity contribution in [2.75, 3.05) is 0 Å². The summed E-state index contributed by atoms with van der Waals surface area (Å²) in [5.74, 6) is 0. The van der Waals surface area contributed by atoms with Crippen LogP contribution < -0.4 is 6.15 Å². The van der Waals surface area contributed by atoms with E-state index in [0.717, 1.165) is 5.11 Å². The monoisotopic (exact) mass is 125 g/mol. The molecule has 0 rings (SSSR count). The van der Waals surface area contributed by atoms with Crippen LogP contribution in [-0.4, -0.2) is 21.1 Å².